The summed E-state index contributed by atoms with van der Waals surface area (Å²) >= 11 is 6.13. The topological polar surface area (TPSA) is 50.2 Å². The molecule has 0 radical (unpaired) electrons. The van der Waals surface area contributed by atoms with Gasteiger partial charge in [-0.05, 0) is 50.6 Å². The number of nitrogens with one attached hydrogen (secondary N) is 1. The highest BCUT2D eigenvalue weighted by Gasteiger charge is 2.35. The van der Waals surface area contributed by atoms with Crippen LogP contribution in [0.15, 0.2) is 59.8 Å². The molecule has 0 aliphatic carbocycles. The fraction of sp³-hybridized carbons (Fsp3) is 0.273. The van der Waals surface area contributed by atoms with Crippen LogP contribution in [0.1, 0.15) is 32.4 Å². The van der Waals surface area contributed by atoms with Crippen LogP contribution in [0.25, 0.3) is 11.0 Å². The van der Waals surface area contributed by atoms with Crippen molar-refractivity contribution in [3.05, 3.63) is 70.4 Å². The third-order valence-corrected chi connectivity index (χ3v) is 5.55. The Kier molecular flexibility index (Phi) is 4.85. The van der Waals surface area contributed by atoms with Gasteiger partial charge in [0.1, 0.15) is 0 Å². The molecule has 3 aromatic rings. The number of aromatic nitrogens is 2. The van der Waals surface area contributed by atoms with Crippen LogP contribution in [0.3, 0.4) is 0 Å². The van der Waals surface area contributed by atoms with Crippen LogP contribution in [0.5, 0.6) is 0 Å². The third-order valence-electron chi connectivity index (χ3n) is 5.30. The lowest BCUT2D eigenvalue weighted by Gasteiger charge is -2.33. The van der Waals surface area contributed by atoms with Gasteiger partial charge in [0.2, 0.25) is 5.95 Å². The zero-order valence-corrected chi connectivity index (χ0v) is 17.0. The largest absolute Gasteiger partial charge is 0.339 e. The minimum absolute atomic E-state index is 0.0402. The van der Waals surface area contributed by atoms with Crippen LogP contribution in [0.2, 0.25) is 5.02 Å². The first-order valence-electron chi connectivity index (χ1n) is 9.54. The second kappa shape index (κ2) is 7.32. The van der Waals surface area contributed by atoms with E-state index in [0.29, 0.717) is 18.1 Å². The number of carbonyl (C=O) groups excluding carboxylic acids is 1. The normalized spacial score (nSPS) is 16.1. The minimum Gasteiger partial charge on any atom is -0.339 e. The van der Waals surface area contributed by atoms with E-state index < -0.39 is 0 Å². The van der Waals surface area contributed by atoms with Crippen molar-refractivity contribution in [3.8, 4) is 0 Å². The second-order valence-electron chi connectivity index (χ2n) is 6.89. The first kappa shape index (κ1) is 18.6. The Balaban J connectivity index is 1.96. The van der Waals surface area contributed by atoms with Crippen molar-refractivity contribution in [1.82, 2.24) is 14.5 Å². The fourth-order valence-electron chi connectivity index (χ4n) is 3.88. The molecule has 0 bridgehead atoms. The number of imidazole rings is 1. The molecule has 4 rings (SSSR count). The molecule has 0 saturated heterocycles. The molecule has 0 fully saturated rings. The van der Waals surface area contributed by atoms with E-state index in [1.807, 2.05) is 74.2 Å². The van der Waals surface area contributed by atoms with E-state index in [1.54, 1.807) is 0 Å². The molecule has 1 aliphatic rings. The number of nitrogens with zero attached hydrogens (tertiary/aromatic N) is 3. The van der Waals surface area contributed by atoms with Gasteiger partial charge in [-0.2, -0.15) is 0 Å². The number of halogens is 1. The molecule has 2 aromatic carbocycles. The summed E-state index contributed by atoms with van der Waals surface area (Å²) in [5.41, 5.74) is 4.46. The number of fused-ring (bicyclic) bond motifs is 3. The van der Waals surface area contributed by atoms with E-state index in [4.69, 9.17) is 16.6 Å². The van der Waals surface area contributed by atoms with Crippen molar-refractivity contribution in [2.75, 3.05) is 18.4 Å². The maximum Gasteiger partial charge on any atom is 0.253 e. The van der Waals surface area contributed by atoms with Crippen LogP contribution in [-0.2, 0) is 4.79 Å². The van der Waals surface area contributed by atoms with Gasteiger partial charge in [-0.1, -0.05) is 35.9 Å². The average molecular weight is 395 g/mol. The third kappa shape index (κ3) is 2.96. The first-order valence-corrected chi connectivity index (χ1v) is 9.92. The Morgan fingerprint density at radius 3 is 2.50 bits per heavy atom. The molecule has 144 valence electrons. The Morgan fingerprint density at radius 2 is 1.82 bits per heavy atom. The summed E-state index contributed by atoms with van der Waals surface area (Å²) in [6.07, 6.45) is 0. The number of likely N-dealkylation sites (N-methyl/N-ethyl adjacent to an activating group) is 1. The molecule has 1 aromatic heterocycles. The Morgan fingerprint density at radius 1 is 1.14 bits per heavy atom. The molecule has 28 heavy (non-hydrogen) atoms. The number of allylic oxidation sites excluding steroid dienone is 1. The van der Waals surface area contributed by atoms with Gasteiger partial charge >= 0.3 is 0 Å². The van der Waals surface area contributed by atoms with Crippen molar-refractivity contribution in [2.24, 2.45) is 0 Å². The summed E-state index contributed by atoms with van der Waals surface area (Å²) in [5, 5.41) is 4.02. The maximum absolute atomic E-state index is 13.5. The summed E-state index contributed by atoms with van der Waals surface area (Å²) in [5.74, 6) is 0.785. The van der Waals surface area contributed by atoms with E-state index in [-0.39, 0.29) is 11.9 Å². The van der Waals surface area contributed by atoms with Gasteiger partial charge in [-0.3, -0.25) is 9.36 Å². The molecule has 2 heterocycles. The van der Waals surface area contributed by atoms with Gasteiger partial charge in [0.05, 0.1) is 22.6 Å². The van der Waals surface area contributed by atoms with Crippen LogP contribution in [-0.4, -0.2) is 33.4 Å². The number of hydrogen-bond acceptors (Lipinski definition) is 3. The lowest BCUT2D eigenvalue weighted by atomic mass is 9.94. The first-order chi connectivity index (χ1) is 13.5. The van der Waals surface area contributed by atoms with E-state index in [0.717, 1.165) is 33.8 Å². The molecule has 1 amide bonds. The van der Waals surface area contributed by atoms with Gasteiger partial charge in [0.15, 0.2) is 0 Å². The van der Waals surface area contributed by atoms with Crippen molar-refractivity contribution in [1.29, 1.82) is 0 Å². The number of hydrogen-bond donors (Lipinski definition) is 1. The predicted octanol–water partition coefficient (Wildman–Crippen LogP) is 4.85. The summed E-state index contributed by atoms with van der Waals surface area (Å²) in [6, 6.07) is 15.4. The highest BCUT2D eigenvalue weighted by Crippen LogP contribution is 2.39. The molecule has 1 unspecified atom stereocenters. The lowest BCUT2D eigenvalue weighted by molar-refractivity contribution is -0.127. The average Bonchev–Trinajstić information content (AvgIpc) is 3.06. The number of anilines is 1. The van der Waals surface area contributed by atoms with Crippen molar-refractivity contribution in [2.45, 2.75) is 26.8 Å². The monoisotopic (exact) mass is 394 g/mol. The molecule has 0 saturated carbocycles. The zero-order valence-electron chi connectivity index (χ0n) is 16.2. The summed E-state index contributed by atoms with van der Waals surface area (Å²) in [4.78, 5) is 20.1. The quantitative estimate of drug-likeness (QED) is 0.688. The molecule has 6 heteroatoms. The van der Waals surface area contributed by atoms with Gasteiger partial charge in [0, 0.05) is 23.8 Å². The molecule has 0 spiro atoms. The maximum atomic E-state index is 13.5. The van der Waals surface area contributed by atoms with Crippen molar-refractivity contribution >= 4 is 34.5 Å². The number of rotatable bonds is 4. The summed E-state index contributed by atoms with van der Waals surface area (Å²) < 4.78 is 2.11. The second-order valence-corrected chi connectivity index (χ2v) is 7.33. The summed E-state index contributed by atoms with van der Waals surface area (Å²) in [7, 11) is 0. The van der Waals surface area contributed by atoms with Crippen LogP contribution >= 0.6 is 11.6 Å². The van der Waals surface area contributed by atoms with Crippen molar-refractivity contribution < 1.29 is 4.79 Å². The number of amides is 1. The number of benzene rings is 2. The van der Waals surface area contributed by atoms with Crippen LogP contribution in [0, 0.1) is 0 Å². The predicted molar refractivity (Wildman–Crippen MR) is 114 cm³/mol. The van der Waals surface area contributed by atoms with Crippen LogP contribution in [0.4, 0.5) is 5.95 Å². The highest BCUT2D eigenvalue weighted by molar-refractivity contribution is 6.30. The van der Waals surface area contributed by atoms with Crippen molar-refractivity contribution in [3.63, 3.8) is 0 Å². The van der Waals surface area contributed by atoms with E-state index in [1.165, 1.54) is 0 Å². The van der Waals surface area contributed by atoms with E-state index in [9.17, 15) is 4.79 Å². The highest BCUT2D eigenvalue weighted by atomic mass is 35.5. The number of carbonyl (C=O) groups is 1. The molecule has 1 aliphatic heterocycles. The van der Waals surface area contributed by atoms with Gasteiger partial charge in [-0.15, -0.1) is 0 Å². The molecule has 5 nitrogen and oxygen atoms in total. The molecule has 1 N–H and O–H groups in total. The SMILES string of the molecule is CCN(CC)C(=O)C1=C(C)Nc2nc3ccccc3n2C1c1ccc(Cl)cc1. The van der Waals surface area contributed by atoms with Gasteiger partial charge in [0.25, 0.3) is 5.91 Å². The number of para-hydroxylation sites is 2. The Bertz CT molecular complexity index is 1060. The Labute approximate surface area is 169 Å². The van der Waals surface area contributed by atoms with E-state index in [2.05, 4.69) is 9.88 Å². The standard InChI is InChI=1S/C22H23ClN4O/c1-4-26(5-2)21(28)19-14(3)24-22-25-17-8-6-7-9-18(17)27(22)20(19)15-10-12-16(23)13-11-15/h6-13,20H,4-5H2,1-3H3,(H,24,25). The fourth-order valence-corrected chi connectivity index (χ4v) is 4.01. The molecular weight excluding hydrogens is 372 g/mol. The smallest absolute Gasteiger partial charge is 0.253 e. The van der Waals surface area contributed by atoms with Gasteiger partial charge < -0.3 is 10.2 Å². The van der Waals surface area contributed by atoms with E-state index >= 15 is 0 Å². The zero-order chi connectivity index (χ0) is 19.8. The van der Waals surface area contributed by atoms with Crippen LogP contribution < -0.4 is 5.32 Å². The van der Waals surface area contributed by atoms with Gasteiger partial charge in [-0.25, -0.2) is 4.98 Å². The molecule has 1 atom stereocenters. The minimum atomic E-state index is -0.269. The lowest BCUT2D eigenvalue weighted by Crippen LogP contribution is -2.37. The summed E-state index contributed by atoms with van der Waals surface area (Å²) in [6.45, 7) is 7.28. The molecular formula is C22H23ClN4O. The Hall–Kier alpha value is -2.79.